The zero-order chi connectivity index (χ0) is 37.0. The number of hydrogen-bond acceptors (Lipinski definition) is 6. The van der Waals surface area contributed by atoms with Crippen LogP contribution >= 0.6 is 11.1 Å². The number of aliphatic hydroxyl groups excluding tert-OH is 1. The molecule has 2 fully saturated rings. The summed E-state index contributed by atoms with van der Waals surface area (Å²) in [6.07, 6.45) is 4.49. The Bertz CT molecular complexity index is 1170. The summed E-state index contributed by atoms with van der Waals surface area (Å²) in [7, 11) is -3.09. The van der Waals surface area contributed by atoms with Gasteiger partial charge in [-0.3, -0.25) is 9.80 Å². The van der Waals surface area contributed by atoms with Crippen molar-refractivity contribution in [1.82, 2.24) is 9.80 Å². The maximum Gasteiger partial charge on any atom is 0.191 e. The van der Waals surface area contributed by atoms with Crippen molar-refractivity contribution in [2.75, 3.05) is 39.4 Å². The number of aliphatic hydroxyl groups is 3. The molecule has 0 aromatic heterocycles. The normalized spacial score (nSPS) is 18.2. The van der Waals surface area contributed by atoms with E-state index in [9.17, 15) is 10.2 Å². The predicted octanol–water partition coefficient (Wildman–Crippen LogP) is 10.3. The smallest absolute Gasteiger partial charge is 0.191 e. The molecule has 4 rings (SSSR count). The SMILES string of the molecule is C.C.CC(C)(C)[Si](C)(C)Cl.CC(C)(C)[Si](C)(C)OCCC1(O)CCN(Cc2ccccc2)CC1.OCCC1(O)CCN(Cc2ccccc2)CC1. The molecule has 0 unspecified atom stereocenters. The summed E-state index contributed by atoms with van der Waals surface area (Å²) >= 11 is 6.15. The van der Waals surface area contributed by atoms with Crippen LogP contribution in [0.4, 0.5) is 0 Å². The van der Waals surface area contributed by atoms with E-state index in [0.29, 0.717) is 18.1 Å². The van der Waals surface area contributed by atoms with Crippen LogP contribution in [0, 0.1) is 0 Å². The van der Waals surface area contributed by atoms with E-state index in [1.165, 1.54) is 11.1 Å². The van der Waals surface area contributed by atoms with E-state index in [0.717, 1.165) is 71.4 Å². The van der Waals surface area contributed by atoms with Crippen LogP contribution in [-0.4, -0.2) is 91.4 Å². The van der Waals surface area contributed by atoms with Gasteiger partial charge in [0.05, 0.1) is 11.2 Å². The Morgan fingerprint density at radius 1 is 0.647 bits per heavy atom. The van der Waals surface area contributed by atoms with Gasteiger partial charge >= 0.3 is 0 Å². The fourth-order valence-electron chi connectivity index (χ4n) is 5.36. The summed E-state index contributed by atoms with van der Waals surface area (Å²) < 4.78 is 6.25. The molecule has 0 amide bonds. The van der Waals surface area contributed by atoms with E-state index < -0.39 is 26.9 Å². The summed E-state index contributed by atoms with van der Waals surface area (Å²) in [5, 5.41) is 30.5. The minimum Gasteiger partial charge on any atom is -0.417 e. The monoisotopic (exact) mass is 767 g/mol. The van der Waals surface area contributed by atoms with Crippen molar-refractivity contribution in [2.24, 2.45) is 0 Å². The first-order valence-electron chi connectivity index (χ1n) is 18.5. The van der Waals surface area contributed by atoms with Gasteiger partial charge in [0.25, 0.3) is 0 Å². The lowest BCUT2D eigenvalue weighted by molar-refractivity contribution is -0.0390. The third-order valence-corrected chi connectivity index (χ3v) is 21.1. The predicted molar refractivity (Wildman–Crippen MR) is 228 cm³/mol. The Morgan fingerprint density at radius 2 is 0.980 bits per heavy atom. The Balaban J connectivity index is 0.000000809. The van der Waals surface area contributed by atoms with E-state index in [1.54, 1.807) is 0 Å². The third kappa shape index (κ3) is 18.2. The second-order valence-corrected chi connectivity index (χ2v) is 29.6. The number of nitrogens with zero attached hydrogens (tertiary/aromatic N) is 2. The molecule has 9 heteroatoms. The molecule has 0 bridgehead atoms. The zero-order valence-electron chi connectivity index (χ0n) is 32.7. The standard InChI is InChI=1S/C20H35NO2Si.C14H21NO2.C6H15ClSi.2CH4/c1-19(2,3)24(4,5)23-16-13-20(22)11-14-21(15-12-20)17-18-9-7-6-8-10-18;16-11-8-14(17)6-9-15(10-7-14)12-13-4-2-1-3-5-13;1-6(2,3)8(4,5)7;;/h6-10,22H,11-17H2,1-5H3;1-5,16-17H,6-12H2;1-5H3;2*1H4. The van der Waals surface area contributed by atoms with Crippen molar-refractivity contribution in [2.45, 2.75) is 155 Å². The molecular formula is C42H79ClN2O4Si2. The third-order valence-electron chi connectivity index (χ3n) is 11.3. The van der Waals surface area contributed by atoms with Gasteiger partial charge in [0, 0.05) is 52.5 Å². The minimum atomic E-state index is -1.71. The summed E-state index contributed by atoms with van der Waals surface area (Å²) in [5.74, 6) is 0. The lowest BCUT2D eigenvalue weighted by Crippen LogP contribution is -2.46. The molecule has 0 saturated carbocycles. The van der Waals surface area contributed by atoms with E-state index in [-0.39, 0.29) is 26.5 Å². The molecule has 0 aliphatic carbocycles. The molecule has 51 heavy (non-hydrogen) atoms. The van der Waals surface area contributed by atoms with Crippen LogP contribution < -0.4 is 0 Å². The fourth-order valence-corrected chi connectivity index (χ4v) is 6.40. The molecule has 3 N–H and O–H groups in total. The summed E-state index contributed by atoms with van der Waals surface area (Å²) in [6, 6.07) is 21.0. The average Bonchev–Trinajstić information content (AvgIpc) is 3.00. The van der Waals surface area contributed by atoms with Crippen LogP contribution in [0.2, 0.25) is 36.3 Å². The van der Waals surface area contributed by atoms with E-state index in [4.69, 9.17) is 20.6 Å². The van der Waals surface area contributed by atoms with Crippen molar-refractivity contribution in [1.29, 1.82) is 0 Å². The van der Waals surface area contributed by atoms with Gasteiger partial charge in [0.2, 0.25) is 0 Å². The van der Waals surface area contributed by atoms with Crippen molar-refractivity contribution in [3.63, 3.8) is 0 Å². The van der Waals surface area contributed by atoms with Gasteiger partial charge in [-0.25, -0.2) is 0 Å². The number of rotatable bonds is 10. The maximum atomic E-state index is 10.9. The van der Waals surface area contributed by atoms with Gasteiger partial charge in [-0.15, -0.1) is 0 Å². The van der Waals surface area contributed by atoms with Crippen molar-refractivity contribution >= 4 is 26.8 Å². The lowest BCUT2D eigenvalue weighted by Gasteiger charge is -2.40. The van der Waals surface area contributed by atoms with Gasteiger partial charge in [0.1, 0.15) is 0 Å². The summed E-state index contributed by atoms with van der Waals surface area (Å²) in [4.78, 5) is 4.81. The molecule has 0 spiro atoms. The second kappa shape index (κ2) is 21.7. The molecule has 296 valence electrons. The molecule has 2 heterocycles. The minimum absolute atomic E-state index is 0. The van der Waals surface area contributed by atoms with Crippen LogP contribution in [0.1, 0.15) is 106 Å². The first-order valence-corrected chi connectivity index (χ1v) is 25.4. The molecular weight excluding hydrogens is 688 g/mol. The Labute approximate surface area is 321 Å². The summed E-state index contributed by atoms with van der Waals surface area (Å²) in [5.41, 5.74) is 1.49. The van der Waals surface area contributed by atoms with Gasteiger partial charge in [-0.05, 0) is 72.8 Å². The van der Waals surface area contributed by atoms with E-state index in [2.05, 4.69) is 132 Å². The highest BCUT2D eigenvalue weighted by Gasteiger charge is 2.39. The van der Waals surface area contributed by atoms with Gasteiger partial charge in [-0.1, -0.05) is 130 Å². The van der Waals surface area contributed by atoms with Crippen LogP contribution in [0.5, 0.6) is 0 Å². The number of likely N-dealkylation sites (tertiary alicyclic amines) is 2. The van der Waals surface area contributed by atoms with Gasteiger partial charge in [-0.2, -0.15) is 11.1 Å². The molecule has 2 saturated heterocycles. The highest BCUT2D eigenvalue weighted by molar-refractivity contribution is 7.20. The largest absolute Gasteiger partial charge is 0.417 e. The second-order valence-electron chi connectivity index (χ2n) is 17.5. The number of halogens is 1. The van der Waals surface area contributed by atoms with E-state index >= 15 is 0 Å². The van der Waals surface area contributed by atoms with Crippen LogP contribution in [0.3, 0.4) is 0 Å². The van der Waals surface area contributed by atoms with Crippen molar-refractivity contribution in [3.8, 4) is 0 Å². The first-order chi connectivity index (χ1) is 22.6. The fraction of sp³-hybridized carbons (Fsp3) is 0.714. The number of benzene rings is 2. The van der Waals surface area contributed by atoms with Crippen molar-refractivity contribution in [3.05, 3.63) is 71.8 Å². The lowest BCUT2D eigenvalue weighted by atomic mass is 9.88. The topological polar surface area (TPSA) is 76.4 Å². The summed E-state index contributed by atoms with van der Waals surface area (Å²) in [6.45, 7) is 28.7. The molecule has 2 aliphatic rings. The quantitative estimate of drug-likeness (QED) is 0.165. The highest BCUT2D eigenvalue weighted by atomic mass is 35.6. The highest BCUT2D eigenvalue weighted by Crippen LogP contribution is 2.38. The van der Waals surface area contributed by atoms with Gasteiger partial charge < -0.3 is 19.7 Å². The molecule has 2 aromatic carbocycles. The molecule has 6 nitrogen and oxygen atoms in total. The van der Waals surface area contributed by atoms with E-state index in [1.807, 2.05) is 6.07 Å². The Hall–Kier alpha value is -1.08. The number of hydrogen-bond donors (Lipinski definition) is 3. The zero-order valence-corrected chi connectivity index (χ0v) is 35.5. The Morgan fingerprint density at radius 3 is 1.27 bits per heavy atom. The first kappa shape index (κ1) is 49.9. The van der Waals surface area contributed by atoms with Gasteiger partial charge in [0.15, 0.2) is 15.7 Å². The molecule has 2 aliphatic heterocycles. The molecule has 2 aromatic rings. The van der Waals surface area contributed by atoms with Crippen LogP contribution in [0.25, 0.3) is 0 Å². The average molecular weight is 768 g/mol. The molecule has 0 atom stereocenters. The van der Waals surface area contributed by atoms with Crippen molar-refractivity contribution < 1.29 is 19.7 Å². The number of piperidine rings is 2. The Kier molecular flexibility index (Phi) is 21.3. The van der Waals surface area contributed by atoms with Crippen LogP contribution in [0.15, 0.2) is 60.7 Å². The van der Waals surface area contributed by atoms with Crippen LogP contribution in [-0.2, 0) is 17.5 Å². The maximum absolute atomic E-state index is 10.9. The molecule has 0 radical (unpaired) electrons.